The summed E-state index contributed by atoms with van der Waals surface area (Å²) in [5, 5.41) is 4.85. The molecule has 0 saturated carbocycles. The molecule has 262 valence electrons. The van der Waals surface area contributed by atoms with Crippen LogP contribution in [-0.2, 0) is 0 Å². The monoisotopic (exact) mass is 715 g/mol. The van der Waals surface area contributed by atoms with Gasteiger partial charge in [0.1, 0.15) is 0 Å². The molecule has 8 aromatic carbocycles. The Labute approximate surface area is 323 Å². The van der Waals surface area contributed by atoms with Crippen LogP contribution in [0.5, 0.6) is 0 Å². The summed E-state index contributed by atoms with van der Waals surface area (Å²) < 4.78 is 4.74. The average molecular weight is 716 g/mol. The zero-order valence-electron chi connectivity index (χ0n) is 30.3. The van der Waals surface area contributed by atoms with Crippen LogP contribution in [0.25, 0.3) is 100 Å². The summed E-state index contributed by atoms with van der Waals surface area (Å²) in [5.74, 6) is 1.90. The standard InChI is InChI=1S/C51H33N5/c1-4-17-34(18-5-1)49-52-50(35-19-6-2-7-20-35)54-51(53-49)41-25-12-15-29-45(41)56-43-27-13-10-23-39(43)42-33-36(31-32-46(42)56)38-26-16-30-47-48(38)40-24-11-14-28-44(40)55(47)37-21-8-3-9-22-37/h1-33H. The van der Waals surface area contributed by atoms with Crippen LogP contribution in [0.15, 0.2) is 200 Å². The maximum absolute atomic E-state index is 5.12. The van der Waals surface area contributed by atoms with E-state index >= 15 is 0 Å². The van der Waals surface area contributed by atoms with E-state index in [4.69, 9.17) is 15.0 Å². The Bertz CT molecular complexity index is 3180. The van der Waals surface area contributed by atoms with Crippen molar-refractivity contribution >= 4 is 43.6 Å². The minimum atomic E-state index is 0.623. The third-order valence-corrected chi connectivity index (χ3v) is 10.8. The van der Waals surface area contributed by atoms with Crippen LogP contribution < -0.4 is 0 Å². The van der Waals surface area contributed by atoms with Crippen LogP contribution in [-0.4, -0.2) is 24.1 Å². The summed E-state index contributed by atoms with van der Waals surface area (Å²) >= 11 is 0. The highest BCUT2D eigenvalue weighted by atomic mass is 15.1. The molecule has 11 rings (SSSR count). The Morgan fingerprint density at radius 1 is 0.304 bits per heavy atom. The topological polar surface area (TPSA) is 48.5 Å². The third kappa shape index (κ3) is 5.13. The highest BCUT2D eigenvalue weighted by Crippen LogP contribution is 2.42. The fourth-order valence-corrected chi connectivity index (χ4v) is 8.30. The lowest BCUT2D eigenvalue weighted by Gasteiger charge is -2.14. The summed E-state index contributed by atoms with van der Waals surface area (Å²) in [7, 11) is 0. The van der Waals surface area contributed by atoms with Crippen molar-refractivity contribution in [2.24, 2.45) is 0 Å². The Hall–Kier alpha value is -7.63. The molecule has 0 aliphatic heterocycles. The van der Waals surface area contributed by atoms with Gasteiger partial charge in [-0.3, -0.25) is 0 Å². The molecule has 0 aliphatic rings. The molecule has 0 N–H and O–H groups in total. The van der Waals surface area contributed by atoms with Gasteiger partial charge >= 0.3 is 0 Å². The second-order valence-corrected chi connectivity index (χ2v) is 14.0. The van der Waals surface area contributed by atoms with Gasteiger partial charge in [0.15, 0.2) is 17.5 Å². The fraction of sp³-hybridized carbons (Fsp3) is 0. The molecule has 3 aromatic heterocycles. The third-order valence-electron chi connectivity index (χ3n) is 10.8. The van der Waals surface area contributed by atoms with Crippen molar-refractivity contribution in [3.05, 3.63) is 200 Å². The Morgan fingerprint density at radius 2 is 0.821 bits per heavy atom. The fourth-order valence-electron chi connectivity index (χ4n) is 8.30. The van der Waals surface area contributed by atoms with E-state index < -0.39 is 0 Å². The molecule has 0 unspecified atom stereocenters. The number of benzene rings is 8. The van der Waals surface area contributed by atoms with E-state index in [0.29, 0.717) is 17.5 Å². The number of nitrogens with zero attached hydrogens (tertiary/aromatic N) is 5. The molecule has 0 bridgehead atoms. The SMILES string of the molecule is c1ccc(-c2nc(-c3ccccc3)nc(-c3ccccc3-n3c4ccccc4c4cc(-c5cccc6c5c5ccccc5n6-c5ccccc5)ccc43)n2)cc1. The van der Waals surface area contributed by atoms with Crippen LogP contribution >= 0.6 is 0 Å². The van der Waals surface area contributed by atoms with E-state index in [-0.39, 0.29) is 0 Å². The summed E-state index contributed by atoms with van der Waals surface area (Å²) in [6, 6.07) is 70.3. The van der Waals surface area contributed by atoms with Crippen LogP contribution in [0.2, 0.25) is 0 Å². The predicted octanol–water partition coefficient (Wildman–Crippen LogP) is 12.7. The Morgan fingerprint density at radius 3 is 1.54 bits per heavy atom. The molecule has 0 amide bonds. The van der Waals surface area contributed by atoms with E-state index in [1.807, 2.05) is 60.7 Å². The zero-order chi connectivity index (χ0) is 37.0. The van der Waals surface area contributed by atoms with Crippen molar-refractivity contribution in [3.63, 3.8) is 0 Å². The quantitative estimate of drug-likeness (QED) is 0.172. The molecule has 0 aliphatic carbocycles. The lowest BCUT2D eigenvalue weighted by atomic mass is 9.98. The minimum Gasteiger partial charge on any atom is -0.309 e. The maximum Gasteiger partial charge on any atom is 0.166 e. The second-order valence-electron chi connectivity index (χ2n) is 14.0. The van der Waals surface area contributed by atoms with Gasteiger partial charge < -0.3 is 9.13 Å². The van der Waals surface area contributed by atoms with Gasteiger partial charge in [-0.25, -0.2) is 15.0 Å². The van der Waals surface area contributed by atoms with Gasteiger partial charge in [0.2, 0.25) is 0 Å². The number of fused-ring (bicyclic) bond motifs is 6. The van der Waals surface area contributed by atoms with Crippen molar-refractivity contribution in [3.8, 4) is 56.7 Å². The molecule has 5 heteroatoms. The molecule has 5 nitrogen and oxygen atoms in total. The van der Waals surface area contributed by atoms with E-state index in [0.717, 1.165) is 39.1 Å². The van der Waals surface area contributed by atoms with Gasteiger partial charge in [0, 0.05) is 43.9 Å². The normalized spacial score (nSPS) is 11.6. The first-order chi connectivity index (χ1) is 27.8. The van der Waals surface area contributed by atoms with Crippen molar-refractivity contribution < 1.29 is 0 Å². The second kappa shape index (κ2) is 13.0. The van der Waals surface area contributed by atoms with Crippen molar-refractivity contribution in [2.45, 2.75) is 0 Å². The molecule has 0 atom stereocenters. The van der Waals surface area contributed by atoms with Gasteiger partial charge in [0.05, 0.1) is 27.8 Å². The first-order valence-corrected chi connectivity index (χ1v) is 18.9. The van der Waals surface area contributed by atoms with E-state index in [2.05, 4.69) is 149 Å². The minimum absolute atomic E-state index is 0.623. The van der Waals surface area contributed by atoms with Crippen LogP contribution in [0.4, 0.5) is 0 Å². The van der Waals surface area contributed by atoms with Gasteiger partial charge in [-0.15, -0.1) is 0 Å². The van der Waals surface area contributed by atoms with Crippen LogP contribution in [0.1, 0.15) is 0 Å². The summed E-state index contributed by atoms with van der Waals surface area (Å²) in [4.78, 5) is 15.2. The molecule has 3 heterocycles. The number of hydrogen-bond donors (Lipinski definition) is 0. The van der Waals surface area contributed by atoms with Gasteiger partial charge in [-0.1, -0.05) is 146 Å². The summed E-state index contributed by atoms with van der Waals surface area (Å²) in [6.07, 6.45) is 0. The zero-order valence-corrected chi connectivity index (χ0v) is 30.3. The Kier molecular flexibility index (Phi) is 7.42. The molecule has 56 heavy (non-hydrogen) atoms. The van der Waals surface area contributed by atoms with Gasteiger partial charge in [-0.2, -0.15) is 0 Å². The van der Waals surface area contributed by atoms with E-state index in [1.165, 1.54) is 43.7 Å². The summed E-state index contributed by atoms with van der Waals surface area (Å²) in [5.41, 5.74) is 12.0. The number of para-hydroxylation sites is 4. The summed E-state index contributed by atoms with van der Waals surface area (Å²) in [6.45, 7) is 0. The smallest absolute Gasteiger partial charge is 0.166 e. The van der Waals surface area contributed by atoms with Crippen LogP contribution in [0, 0.1) is 0 Å². The molecule has 0 spiro atoms. The molecule has 0 saturated heterocycles. The van der Waals surface area contributed by atoms with E-state index in [1.54, 1.807) is 0 Å². The molecule has 0 radical (unpaired) electrons. The number of hydrogen-bond acceptors (Lipinski definition) is 3. The molecular weight excluding hydrogens is 683 g/mol. The molecule has 11 aromatic rings. The lowest BCUT2D eigenvalue weighted by molar-refractivity contribution is 1.06. The first-order valence-electron chi connectivity index (χ1n) is 18.9. The van der Waals surface area contributed by atoms with Crippen molar-refractivity contribution in [2.75, 3.05) is 0 Å². The lowest BCUT2D eigenvalue weighted by Crippen LogP contribution is -2.03. The molecule has 0 fully saturated rings. The van der Waals surface area contributed by atoms with Gasteiger partial charge in [0.25, 0.3) is 0 Å². The molecular formula is C51H33N5. The number of rotatable bonds is 6. The van der Waals surface area contributed by atoms with E-state index in [9.17, 15) is 0 Å². The number of aromatic nitrogens is 5. The van der Waals surface area contributed by atoms with Crippen LogP contribution in [0.3, 0.4) is 0 Å². The maximum atomic E-state index is 5.12. The predicted molar refractivity (Wildman–Crippen MR) is 230 cm³/mol. The highest BCUT2D eigenvalue weighted by molar-refractivity contribution is 6.17. The van der Waals surface area contributed by atoms with Crippen molar-refractivity contribution in [1.82, 2.24) is 24.1 Å². The average Bonchev–Trinajstić information content (AvgIpc) is 3.80. The Balaban J connectivity index is 1.13. The van der Waals surface area contributed by atoms with Crippen molar-refractivity contribution in [1.29, 1.82) is 0 Å². The van der Waals surface area contributed by atoms with Gasteiger partial charge in [-0.05, 0) is 65.7 Å². The highest BCUT2D eigenvalue weighted by Gasteiger charge is 2.21. The largest absolute Gasteiger partial charge is 0.309 e. The first kappa shape index (κ1) is 31.9.